The summed E-state index contributed by atoms with van der Waals surface area (Å²) in [5, 5.41) is 0.533. The van der Waals surface area contributed by atoms with Gasteiger partial charge in [0, 0.05) is 13.1 Å². The fraction of sp³-hybridized carbons (Fsp3) is 0.250. The lowest BCUT2D eigenvalue weighted by molar-refractivity contribution is -0.0621. The summed E-state index contributed by atoms with van der Waals surface area (Å²) in [5.41, 5.74) is 0.526. The zero-order chi connectivity index (χ0) is 12.7. The number of hydrogen-bond acceptors (Lipinski definition) is 4. The number of likely N-dealkylation sites (tertiary alicyclic amines) is 1. The monoisotopic (exact) mass is 246 g/mol. The van der Waals surface area contributed by atoms with Crippen LogP contribution in [0.2, 0.25) is 0 Å². The molecule has 2 heterocycles. The van der Waals surface area contributed by atoms with Gasteiger partial charge in [0.1, 0.15) is 0 Å². The molecule has 0 atom stereocenters. The molecule has 1 aromatic rings. The highest BCUT2D eigenvalue weighted by molar-refractivity contribution is 6.20. The average Bonchev–Trinajstić information content (AvgIpc) is 2.53. The van der Waals surface area contributed by atoms with Gasteiger partial charge in [-0.1, -0.05) is 17.2 Å². The zero-order valence-corrected chi connectivity index (χ0v) is 9.46. The lowest BCUT2D eigenvalue weighted by Crippen LogP contribution is -2.46. The van der Waals surface area contributed by atoms with Gasteiger partial charge < -0.3 is 9.74 Å². The Morgan fingerprint density at radius 1 is 1.06 bits per heavy atom. The molecule has 18 heavy (non-hydrogen) atoms. The van der Waals surface area contributed by atoms with Crippen LogP contribution in [0.4, 0.5) is 4.79 Å². The lowest BCUT2D eigenvalue weighted by Gasteiger charge is -2.30. The number of amides is 3. The van der Waals surface area contributed by atoms with Crippen LogP contribution < -0.4 is 0 Å². The van der Waals surface area contributed by atoms with E-state index < -0.39 is 17.9 Å². The molecule has 0 N–H and O–H groups in total. The molecular formula is C12H10N2O4. The molecule has 92 valence electrons. The van der Waals surface area contributed by atoms with Crippen molar-refractivity contribution in [3.05, 3.63) is 35.4 Å². The third-order valence-corrected chi connectivity index (χ3v) is 3.04. The number of hydrogen-bond donors (Lipinski definition) is 0. The van der Waals surface area contributed by atoms with E-state index >= 15 is 0 Å². The molecule has 1 saturated heterocycles. The summed E-state index contributed by atoms with van der Waals surface area (Å²) in [5.74, 6) is -1.19. The summed E-state index contributed by atoms with van der Waals surface area (Å²) in [6, 6.07) is 6.38. The molecule has 0 bridgehead atoms. The summed E-state index contributed by atoms with van der Waals surface area (Å²) < 4.78 is 0. The van der Waals surface area contributed by atoms with Crippen LogP contribution in [0.3, 0.4) is 0 Å². The molecule has 1 aromatic carbocycles. The molecule has 3 rings (SSSR count). The van der Waals surface area contributed by atoms with Gasteiger partial charge in [-0.3, -0.25) is 9.59 Å². The largest absolute Gasteiger partial charge is 0.434 e. The second-order valence-corrected chi connectivity index (χ2v) is 4.15. The van der Waals surface area contributed by atoms with Crippen molar-refractivity contribution in [3.8, 4) is 0 Å². The lowest BCUT2D eigenvalue weighted by atomic mass is 10.1. The van der Waals surface area contributed by atoms with Gasteiger partial charge in [-0.15, -0.1) is 0 Å². The Hall–Kier alpha value is -2.37. The molecule has 2 aliphatic heterocycles. The summed E-state index contributed by atoms with van der Waals surface area (Å²) in [4.78, 5) is 41.6. The third kappa shape index (κ3) is 1.46. The Morgan fingerprint density at radius 2 is 1.61 bits per heavy atom. The van der Waals surface area contributed by atoms with E-state index in [1.54, 1.807) is 12.1 Å². The fourth-order valence-corrected chi connectivity index (χ4v) is 1.88. The van der Waals surface area contributed by atoms with E-state index in [1.165, 1.54) is 17.0 Å². The summed E-state index contributed by atoms with van der Waals surface area (Å²) in [7, 11) is 0. The molecule has 0 aliphatic carbocycles. The standard InChI is InChI=1S/C12H10N2O4/c15-10-8-4-1-2-5-9(8)11(16)14(10)18-12(17)13-6-3-7-13/h1-2,4-5H,3,6-7H2. The van der Waals surface area contributed by atoms with Gasteiger partial charge in [0.2, 0.25) is 0 Å². The summed E-state index contributed by atoms with van der Waals surface area (Å²) in [6.45, 7) is 1.20. The minimum absolute atomic E-state index is 0.263. The normalized spacial score (nSPS) is 17.6. The predicted molar refractivity (Wildman–Crippen MR) is 59.6 cm³/mol. The second-order valence-electron chi connectivity index (χ2n) is 4.15. The molecule has 6 nitrogen and oxygen atoms in total. The average molecular weight is 246 g/mol. The maximum atomic E-state index is 11.9. The molecule has 2 aliphatic rings. The first kappa shape index (κ1) is 10.8. The van der Waals surface area contributed by atoms with Crippen LogP contribution >= 0.6 is 0 Å². The van der Waals surface area contributed by atoms with Gasteiger partial charge in [-0.05, 0) is 18.6 Å². The first-order chi connectivity index (χ1) is 8.68. The van der Waals surface area contributed by atoms with E-state index in [4.69, 9.17) is 4.84 Å². The second kappa shape index (κ2) is 3.83. The highest BCUT2D eigenvalue weighted by atomic mass is 16.7. The van der Waals surface area contributed by atoms with Crippen molar-refractivity contribution in [2.24, 2.45) is 0 Å². The van der Waals surface area contributed by atoms with E-state index in [0.717, 1.165) is 6.42 Å². The Bertz CT molecular complexity index is 516. The highest BCUT2D eigenvalue weighted by Crippen LogP contribution is 2.23. The van der Waals surface area contributed by atoms with Crippen LogP contribution in [0.15, 0.2) is 24.3 Å². The van der Waals surface area contributed by atoms with Gasteiger partial charge in [0.15, 0.2) is 0 Å². The molecule has 0 spiro atoms. The Labute approximate surface area is 103 Å². The van der Waals surface area contributed by atoms with Crippen molar-refractivity contribution < 1.29 is 19.2 Å². The van der Waals surface area contributed by atoms with Crippen molar-refractivity contribution >= 4 is 17.9 Å². The quantitative estimate of drug-likeness (QED) is 0.694. The minimum atomic E-state index is -0.657. The van der Waals surface area contributed by atoms with Crippen LogP contribution in [0, 0.1) is 0 Å². The number of benzene rings is 1. The molecular weight excluding hydrogens is 236 g/mol. The van der Waals surface area contributed by atoms with Crippen molar-refractivity contribution in [1.82, 2.24) is 9.96 Å². The Kier molecular flexibility index (Phi) is 2.29. The molecule has 6 heteroatoms. The van der Waals surface area contributed by atoms with E-state index in [0.29, 0.717) is 18.2 Å². The van der Waals surface area contributed by atoms with Gasteiger partial charge in [-0.25, -0.2) is 4.79 Å². The number of fused-ring (bicyclic) bond motifs is 1. The van der Waals surface area contributed by atoms with Crippen LogP contribution in [-0.2, 0) is 4.84 Å². The van der Waals surface area contributed by atoms with Crippen LogP contribution in [0.1, 0.15) is 27.1 Å². The number of carbonyl (C=O) groups excluding carboxylic acids is 3. The van der Waals surface area contributed by atoms with Gasteiger partial charge in [0.05, 0.1) is 11.1 Å². The van der Waals surface area contributed by atoms with Crippen molar-refractivity contribution in [3.63, 3.8) is 0 Å². The van der Waals surface area contributed by atoms with Crippen molar-refractivity contribution in [2.45, 2.75) is 6.42 Å². The smallest absolute Gasteiger partial charge is 0.310 e. The number of nitrogens with zero attached hydrogens (tertiary/aromatic N) is 2. The number of rotatable bonds is 1. The minimum Gasteiger partial charge on any atom is -0.310 e. The van der Waals surface area contributed by atoms with E-state index in [-0.39, 0.29) is 11.1 Å². The van der Waals surface area contributed by atoms with E-state index in [2.05, 4.69) is 0 Å². The first-order valence-electron chi connectivity index (χ1n) is 5.63. The molecule has 0 unspecified atom stereocenters. The maximum Gasteiger partial charge on any atom is 0.434 e. The fourth-order valence-electron chi connectivity index (χ4n) is 1.88. The molecule has 1 fully saturated rings. The van der Waals surface area contributed by atoms with Crippen molar-refractivity contribution in [2.75, 3.05) is 13.1 Å². The van der Waals surface area contributed by atoms with E-state index in [9.17, 15) is 14.4 Å². The topological polar surface area (TPSA) is 66.9 Å². The summed E-state index contributed by atoms with van der Waals surface area (Å²) in [6.07, 6.45) is 0.257. The zero-order valence-electron chi connectivity index (χ0n) is 9.46. The molecule has 0 aromatic heterocycles. The number of imide groups is 1. The molecule has 3 amide bonds. The molecule has 0 radical (unpaired) electrons. The first-order valence-corrected chi connectivity index (χ1v) is 5.63. The van der Waals surface area contributed by atoms with Crippen LogP contribution in [0.25, 0.3) is 0 Å². The maximum absolute atomic E-state index is 11.9. The molecule has 0 saturated carbocycles. The van der Waals surface area contributed by atoms with Crippen LogP contribution in [-0.4, -0.2) is 41.0 Å². The van der Waals surface area contributed by atoms with Gasteiger partial charge >= 0.3 is 6.09 Å². The SMILES string of the molecule is O=C(ON1C(=O)c2ccccc2C1=O)N1CCC1. The number of hydroxylamine groups is 2. The number of carbonyl (C=O) groups is 3. The highest BCUT2D eigenvalue weighted by Gasteiger charge is 2.39. The Balaban J connectivity index is 1.81. The predicted octanol–water partition coefficient (Wildman–Crippen LogP) is 1.04. The third-order valence-electron chi connectivity index (χ3n) is 3.04. The summed E-state index contributed by atoms with van der Waals surface area (Å²) >= 11 is 0. The van der Waals surface area contributed by atoms with Crippen LogP contribution in [0.5, 0.6) is 0 Å². The van der Waals surface area contributed by atoms with Gasteiger partial charge in [-0.2, -0.15) is 0 Å². The van der Waals surface area contributed by atoms with Gasteiger partial charge in [0.25, 0.3) is 11.8 Å². The Morgan fingerprint density at radius 3 is 2.06 bits per heavy atom. The van der Waals surface area contributed by atoms with E-state index in [1.807, 2.05) is 0 Å². The van der Waals surface area contributed by atoms with Crippen molar-refractivity contribution in [1.29, 1.82) is 0 Å².